The third-order valence-corrected chi connectivity index (χ3v) is 1.46. The quantitative estimate of drug-likeness (QED) is 0.722. The van der Waals surface area contributed by atoms with Gasteiger partial charge in [0.1, 0.15) is 12.0 Å². The fourth-order valence-corrected chi connectivity index (χ4v) is 0.846. The summed E-state index contributed by atoms with van der Waals surface area (Å²) in [4.78, 5) is 4.08. The molecule has 0 aliphatic carbocycles. The van der Waals surface area contributed by atoms with Gasteiger partial charge in [-0.15, -0.1) is 0 Å². The molecule has 1 heterocycles. The normalized spacial score (nSPS) is 13.4. The van der Waals surface area contributed by atoms with Crippen molar-refractivity contribution in [1.82, 2.24) is 4.98 Å². The van der Waals surface area contributed by atoms with Gasteiger partial charge in [0.15, 0.2) is 5.89 Å². The van der Waals surface area contributed by atoms with E-state index in [0.717, 1.165) is 12.8 Å². The van der Waals surface area contributed by atoms with Crippen molar-refractivity contribution in [3.8, 4) is 0 Å². The molecular weight excluding hydrogens is 142 g/mol. The third-order valence-electron chi connectivity index (χ3n) is 1.46. The summed E-state index contributed by atoms with van der Waals surface area (Å²) in [7, 11) is 0. The zero-order chi connectivity index (χ0) is 8.27. The molecule has 1 rings (SSSR count). The van der Waals surface area contributed by atoms with Gasteiger partial charge < -0.3 is 9.52 Å². The second-order valence-electron chi connectivity index (χ2n) is 2.59. The maximum atomic E-state index is 9.08. The minimum atomic E-state index is -0.524. The molecule has 0 bridgehead atoms. The van der Waals surface area contributed by atoms with Gasteiger partial charge in [0, 0.05) is 6.42 Å². The van der Waals surface area contributed by atoms with Gasteiger partial charge in [-0.05, 0) is 13.3 Å². The van der Waals surface area contributed by atoms with Crippen molar-refractivity contribution < 1.29 is 9.52 Å². The molecule has 0 aromatic carbocycles. The van der Waals surface area contributed by atoms with E-state index in [-0.39, 0.29) is 0 Å². The van der Waals surface area contributed by atoms with Crippen molar-refractivity contribution in [3.63, 3.8) is 0 Å². The van der Waals surface area contributed by atoms with Crippen molar-refractivity contribution in [3.05, 3.63) is 17.8 Å². The van der Waals surface area contributed by atoms with E-state index in [1.165, 1.54) is 6.26 Å². The number of aryl methyl sites for hydroxylation is 1. The highest BCUT2D eigenvalue weighted by Crippen LogP contribution is 2.11. The van der Waals surface area contributed by atoms with E-state index in [1.807, 2.05) is 0 Å². The van der Waals surface area contributed by atoms with Crippen LogP contribution >= 0.6 is 0 Å². The molecule has 1 aromatic heterocycles. The molecule has 1 aromatic rings. The molecule has 0 spiro atoms. The van der Waals surface area contributed by atoms with Crippen molar-refractivity contribution in [2.45, 2.75) is 32.8 Å². The SMILES string of the molecule is CCCc1nc(C(C)O)co1. The molecule has 62 valence electrons. The molecule has 0 radical (unpaired) electrons. The smallest absolute Gasteiger partial charge is 0.194 e. The summed E-state index contributed by atoms with van der Waals surface area (Å²) >= 11 is 0. The summed E-state index contributed by atoms with van der Waals surface area (Å²) in [5.41, 5.74) is 0.619. The molecule has 3 nitrogen and oxygen atoms in total. The summed E-state index contributed by atoms with van der Waals surface area (Å²) in [5.74, 6) is 0.711. The van der Waals surface area contributed by atoms with Crippen LogP contribution in [0.25, 0.3) is 0 Å². The van der Waals surface area contributed by atoms with E-state index in [2.05, 4.69) is 11.9 Å². The lowest BCUT2D eigenvalue weighted by Gasteiger charge is -1.93. The first-order valence-corrected chi connectivity index (χ1v) is 3.86. The Bertz CT molecular complexity index is 218. The van der Waals surface area contributed by atoms with Crippen LogP contribution in [0.1, 0.15) is 38.0 Å². The Labute approximate surface area is 66.1 Å². The average Bonchev–Trinajstić information content (AvgIpc) is 2.37. The third kappa shape index (κ3) is 2.05. The molecule has 0 aliphatic rings. The topological polar surface area (TPSA) is 46.3 Å². The standard InChI is InChI=1S/C8H13NO2/c1-3-4-8-9-7(5-11-8)6(2)10/h5-6,10H,3-4H2,1-2H3. The summed E-state index contributed by atoms with van der Waals surface area (Å²) in [6, 6.07) is 0. The van der Waals surface area contributed by atoms with Crippen LogP contribution in [0, 0.1) is 0 Å². The molecular formula is C8H13NO2. The maximum absolute atomic E-state index is 9.08. The van der Waals surface area contributed by atoms with E-state index in [9.17, 15) is 0 Å². The van der Waals surface area contributed by atoms with E-state index >= 15 is 0 Å². The van der Waals surface area contributed by atoms with Gasteiger partial charge in [-0.1, -0.05) is 6.92 Å². The summed E-state index contributed by atoms with van der Waals surface area (Å²) < 4.78 is 5.10. The Kier molecular flexibility index (Phi) is 2.65. The van der Waals surface area contributed by atoms with Gasteiger partial charge in [-0.25, -0.2) is 4.98 Å². The number of aliphatic hydroxyl groups excluding tert-OH is 1. The molecule has 0 saturated heterocycles. The Morgan fingerprint density at radius 2 is 2.45 bits per heavy atom. The monoisotopic (exact) mass is 155 g/mol. The van der Waals surface area contributed by atoms with Crippen LogP contribution in [0.5, 0.6) is 0 Å². The predicted molar refractivity (Wildman–Crippen MR) is 41.1 cm³/mol. The average molecular weight is 155 g/mol. The van der Waals surface area contributed by atoms with Gasteiger partial charge >= 0.3 is 0 Å². The largest absolute Gasteiger partial charge is 0.449 e. The van der Waals surface area contributed by atoms with Gasteiger partial charge in [-0.2, -0.15) is 0 Å². The van der Waals surface area contributed by atoms with E-state index in [4.69, 9.17) is 9.52 Å². The lowest BCUT2D eigenvalue weighted by Crippen LogP contribution is -1.91. The molecule has 1 unspecified atom stereocenters. The van der Waals surface area contributed by atoms with Gasteiger partial charge in [0.25, 0.3) is 0 Å². The molecule has 0 saturated carbocycles. The predicted octanol–water partition coefficient (Wildman–Crippen LogP) is 1.68. The highest BCUT2D eigenvalue weighted by Gasteiger charge is 2.06. The lowest BCUT2D eigenvalue weighted by molar-refractivity contribution is 0.194. The number of hydrogen-bond acceptors (Lipinski definition) is 3. The first kappa shape index (κ1) is 8.27. The number of nitrogens with zero attached hydrogens (tertiary/aromatic N) is 1. The van der Waals surface area contributed by atoms with Gasteiger partial charge in [-0.3, -0.25) is 0 Å². The Morgan fingerprint density at radius 1 is 1.73 bits per heavy atom. The van der Waals surface area contributed by atoms with E-state index in [1.54, 1.807) is 6.92 Å². The molecule has 3 heteroatoms. The molecule has 1 atom stereocenters. The number of rotatable bonds is 3. The molecule has 11 heavy (non-hydrogen) atoms. The van der Waals surface area contributed by atoms with Gasteiger partial charge in [0.2, 0.25) is 0 Å². The van der Waals surface area contributed by atoms with Crippen LogP contribution < -0.4 is 0 Å². The summed E-state index contributed by atoms with van der Waals surface area (Å²) in [5, 5.41) is 9.08. The number of oxazole rings is 1. The number of hydrogen-bond donors (Lipinski definition) is 1. The van der Waals surface area contributed by atoms with Crippen molar-refractivity contribution in [1.29, 1.82) is 0 Å². The molecule has 0 amide bonds. The minimum absolute atomic E-state index is 0.524. The van der Waals surface area contributed by atoms with Crippen molar-refractivity contribution in [2.75, 3.05) is 0 Å². The molecule has 1 N–H and O–H groups in total. The minimum Gasteiger partial charge on any atom is -0.449 e. The van der Waals surface area contributed by atoms with Crippen LogP contribution in [-0.4, -0.2) is 10.1 Å². The zero-order valence-electron chi connectivity index (χ0n) is 6.87. The fraction of sp³-hybridized carbons (Fsp3) is 0.625. The van der Waals surface area contributed by atoms with E-state index in [0.29, 0.717) is 11.6 Å². The summed E-state index contributed by atoms with van der Waals surface area (Å²) in [6.45, 7) is 3.74. The van der Waals surface area contributed by atoms with E-state index < -0.39 is 6.10 Å². The van der Waals surface area contributed by atoms with Crippen molar-refractivity contribution in [2.24, 2.45) is 0 Å². The first-order chi connectivity index (χ1) is 5.24. The Hall–Kier alpha value is -0.830. The highest BCUT2D eigenvalue weighted by molar-refractivity contribution is 4.99. The van der Waals surface area contributed by atoms with Crippen LogP contribution in [0.3, 0.4) is 0 Å². The highest BCUT2D eigenvalue weighted by atomic mass is 16.3. The Morgan fingerprint density at radius 3 is 2.91 bits per heavy atom. The molecule has 0 fully saturated rings. The van der Waals surface area contributed by atoms with Crippen molar-refractivity contribution >= 4 is 0 Å². The van der Waals surface area contributed by atoms with Crippen LogP contribution in [-0.2, 0) is 6.42 Å². The Balaban J connectivity index is 2.66. The zero-order valence-corrected chi connectivity index (χ0v) is 6.87. The van der Waals surface area contributed by atoms with Crippen LogP contribution in [0.2, 0.25) is 0 Å². The maximum Gasteiger partial charge on any atom is 0.194 e. The number of aromatic nitrogens is 1. The van der Waals surface area contributed by atoms with Crippen LogP contribution in [0.15, 0.2) is 10.7 Å². The fourth-order valence-electron chi connectivity index (χ4n) is 0.846. The lowest BCUT2D eigenvalue weighted by atomic mass is 10.3. The second-order valence-corrected chi connectivity index (χ2v) is 2.59. The second kappa shape index (κ2) is 3.53. The first-order valence-electron chi connectivity index (χ1n) is 3.86. The molecule has 0 aliphatic heterocycles. The van der Waals surface area contributed by atoms with Crippen LogP contribution in [0.4, 0.5) is 0 Å². The number of aliphatic hydroxyl groups is 1. The summed E-state index contributed by atoms with van der Waals surface area (Å²) in [6.07, 6.45) is 2.84. The van der Waals surface area contributed by atoms with Gasteiger partial charge in [0.05, 0.1) is 6.10 Å².